The predicted octanol–water partition coefficient (Wildman–Crippen LogP) is 2.76. The quantitative estimate of drug-likeness (QED) is 0.863. The Labute approximate surface area is 121 Å². The number of carbonyl (C=O) groups excluding carboxylic acids is 1. The van der Waals surface area contributed by atoms with Gasteiger partial charge < -0.3 is 0 Å². The molecule has 1 amide bonds. The summed E-state index contributed by atoms with van der Waals surface area (Å²) in [5.41, 5.74) is 2.27. The van der Waals surface area contributed by atoms with Crippen molar-refractivity contribution in [2.45, 2.75) is 39.0 Å². The normalized spacial score (nSPS) is 14.4. The summed E-state index contributed by atoms with van der Waals surface area (Å²) in [4.78, 5) is 26.1. The van der Waals surface area contributed by atoms with Crippen molar-refractivity contribution >= 4 is 22.4 Å². The van der Waals surface area contributed by atoms with Crippen LogP contribution in [0.25, 0.3) is 0 Å². The van der Waals surface area contributed by atoms with E-state index in [1.807, 2.05) is 6.92 Å². The van der Waals surface area contributed by atoms with Crippen molar-refractivity contribution in [3.05, 3.63) is 34.4 Å². The summed E-state index contributed by atoms with van der Waals surface area (Å²) in [6.07, 6.45) is 8.84. The number of anilines is 1. The minimum Gasteiger partial charge on any atom is -0.296 e. The Morgan fingerprint density at radius 1 is 1.20 bits per heavy atom. The molecule has 0 saturated heterocycles. The number of fused-ring (bicyclic) bond motifs is 1. The first-order valence-corrected chi connectivity index (χ1v) is 7.62. The lowest BCUT2D eigenvalue weighted by atomic mass is 10.2. The van der Waals surface area contributed by atoms with Gasteiger partial charge in [0.05, 0.1) is 17.6 Å². The summed E-state index contributed by atoms with van der Waals surface area (Å²) < 4.78 is 0. The molecule has 3 rings (SSSR count). The van der Waals surface area contributed by atoms with E-state index < -0.39 is 0 Å². The van der Waals surface area contributed by atoms with Crippen molar-refractivity contribution in [2.75, 3.05) is 5.32 Å². The second kappa shape index (κ2) is 5.66. The molecule has 1 aliphatic carbocycles. The first-order valence-electron chi connectivity index (χ1n) is 6.81. The first-order chi connectivity index (χ1) is 9.72. The maximum Gasteiger partial charge on any atom is 0.277 e. The molecule has 2 aromatic rings. The summed E-state index contributed by atoms with van der Waals surface area (Å²) in [5.74, 6) is -0.249. The monoisotopic (exact) mass is 288 g/mol. The average molecular weight is 288 g/mol. The number of rotatable bonds is 2. The van der Waals surface area contributed by atoms with Crippen LogP contribution in [0.15, 0.2) is 12.4 Å². The Bertz CT molecular complexity index is 597. The summed E-state index contributed by atoms with van der Waals surface area (Å²) in [6, 6.07) is 0. The number of hydrogen-bond donors (Lipinski definition) is 1. The van der Waals surface area contributed by atoms with Gasteiger partial charge in [0.1, 0.15) is 5.69 Å². The number of nitrogens with one attached hydrogen (secondary N) is 1. The van der Waals surface area contributed by atoms with Crippen LogP contribution in [0.1, 0.15) is 46.0 Å². The second-order valence-electron chi connectivity index (χ2n) is 4.95. The lowest BCUT2D eigenvalue weighted by Gasteiger charge is -2.00. The van der Waals surface area contributed by atoms with E-state index in [1.165, 1.54) is 30.3 Å². The zero-order valence-corrected chi connectivity index (χ0v) is 12.2. The molecule has 2 aromatic heterocycles. The molecule has 6 heteroatoms. The van der Waals surface area contributed by atoms with Crippen molar-refractivity contribution < 1.29 is 4.79 Å². The molecule has 1 N–H and O–H groups in total. The highest BCUT2D eigenvalue weighted by molar-refractivity contribution is 7.15. The van der Waals surface area contributed by atoms with Crippen molar-refractivity contribution in [1.82, 2.24) is 15.0 Å². The molecule has 0 unspecified atom stereocenters. The Hall–Kier alpha value is -1.82. The van der Waals surface area contributed by atoms with E-state index in [1.54, 1.807) is 17.5 Å². The Balaban J connectivity index is 1.74. The molecule has 5 nitrogen and oxygen atoms in total. The Kier molecular flexibility index (Phi) is 3.73. The molecule has 0 saturated carbocycles. The predicted molar refractivity (Wildman–Crippen MR) is 78.1 cm³/mol. The fraction of sp³-hybridized carbons (Fsp3) is 0.429. The van der Waals surface area contributed by atoms with Gasteiger partial charge >= 0.3 is 0 Å². The SMILES string of the molecule is Cc1cnc(C(=O)Nc2nc3c(s2)CCCCC3)cn1. The molecule has 0 aliphatic heterocycles. The maximum atomic E-state index is 12.1. The van der Waals surface area contributed by atoms with Gasteiger partial charge in [-0.3, -0.25) is 15.1 Å². The summed E-state index contributed by atoms with van der Waals surface area (Å²) >= 11 is 1.58. The van der Waals surface area contributed by atoms with Crippen LogP contribution in [0, 0.1) is 6.92 Å². The molecule has 0 fully saturated rings. The van der Waals surface area contributed by atoms with Gasteiger partial charge in [-0.2, -0.15) is 0 Å². The molecule has 104 valence electrons. The number of aryl methyl sites for hydroxylation is 3. The van der Waals surface area contributed by atoms with Gasteiger partial charge in [0.2, 0.25) is 0 Å². The van der Waals surface area contributed by atoms with E-state index in [-0.39, 0.29) is 5.91 Å². The number of carbonyl (C=O) groups is 1. The number of aromatic nitrogens is 3. The van der Waals surface area contributed by atoms with Gasteiger partial charge in [0.25, 0.3) is 5.91 Å². The molecule has 0 atom stereocenters. The van der Waals surface area contributed by atoms with Gasteiger partial charge in [-0.15, -0.1) is 11.3 Å². The van der Waals surface area contributed by atoms with E-state index in [0.29, 0.717) is 10.8 Å². The van der Waals surface area contributed by atoms with Crippen molar-refractivity contribution in [3.63, 3.8) is 0 Å². The molecule has 2 heterocycles. The van der Waals surface area contributed by atoms with E-state index in [0.717, 1.165) is 24.2 Å². The number of amides is 1. The minimum atomic E-state index is -0.249. The molecule has 0 spiro atoms. The number of thiazole rings is 1. The summed E-state index contributed by atoms with van der Waals surface area (Å²) in [5, 5.41) is 3.49. The van der Waals surface area contributed by atoms with Crippen LogP contribution >= 0.6 is 11.3 Å². The second-order valence-corrected chi connectivity index (χ2v) is 6.03. The van der Waals surface area contributed by atoms with Crippen LogP contribution < -0.4 is 5.32 Å². The van der Waals surface area contributed by atoms with Gasteiger partial charge in [-0.1, -0.05) is 6.42 Å². The van der Waals surface area contributed by atoms with E-state index in [2.05, 4.69) is 20.3 Å². The highest BCUT2D eigenvalue weighted by Crippen LogP contribution is 2.29. The molecular formula is C14H16N4OS. The number of hydrogen-bond acceptors (Lipinski definition) is 5. The van der Waals surface area contributed by atoms with Crippen LogP contribution in [0.5, 0.6) is 0 Å². The Morgan fingerprint density at radius 3 is 2.85 bits per heavy atom. The van der Waals surface area contributed by atoms with E-state index >= 15 is 0 Å². The standard InChI is InChI=1S/C14H16N4OS/c1-9-7-16-11(8-15-9)13(19)18-14-17-10-5-3-2-4-6-12(10)20-14/h7-8H,2-6H2,1H3,(H,17,18,19). The third-order valence-corrected chi connectivity index (χ3v) is 4.40. The van der Waals surface area contributed by atoms with Gasteiger partial charge in [0.15, 0.2) is 5.13 Å². The smallest absolute Gasteiger partial charge is 0.277 e. The number of nitrogens with zero attached hydrogens (tertiary/aromatic N) is 3. The van der Waals surface area contributed by atoms with Gasteiger partial charge in [0, 0.05) is 11.1 Å². The van der Waals surface area contributed by atoms with Crippen LogP contribution in [0.4, 0.5) is 5.13 Å². The largest absolute Gasteiger partial charge is 0.296 e. The summed E-state index contributed by atoms with van der Waals surface area (Å²) in [6.45, 7) is 1.84. The van der Waals surface area contributed by atoms with Crippen LogP contribution in [-0.4, -0.2) is 20.9 Å². The van der Waals surface area contributed by atoms with Crippen LogP contribution in [-0.2, 0) is 12.8 Å². The van der Waals surface area contributed by atoms with Crippen molar-refractivity contribution in [1.29, 1.82) is 0 Å². The van der Waals surface area contributed by atoms with Crippen LogP contribution in [0.3, 0.4) is 0 Å². The molecular weight excluding hydrogens is 272 g/mol. The van der Waals surface area contributed by atoms with E-state index in [4.69, 9.17) is 0 Å². The summed E-state index contributed by atoms with van der Waals surface area (Å²) in [7, 11) is 0. The van der Waals surface area contributed by atoms with E-state index in [9.17, 15) is 4.79 Å². The fourth-order valence-corrected chi connectivity index (χ4v) is 3.30. The molecule has 20 heavy (non-hydrogen) atoms. The highest BCUT2D eigenvalue weighted by Gasteiger charge is 2.16. The molecule has 1 aliphatic rings. The Morgan fingerprint density at radius 2 is 2.05 bits per heavy atom. The maximum absolute atomic E-state index is 12.1. The average Bonchev–Trinajstić information content (AvgIpc) is 2.68. The van der Waals surface area contributed by atoms with Crippen LogP contribution in [0.2, 0.25) is 0 Å². The molecule has 0 aromatic carbocycles. The zero-order chi connectivity index (χ0) is 13.9. The fourth-order valence-electron chi connectivity index (χ4n) is 2.25. The molecule has 0 bridgehead atoms. The highest BCUT2D eigenvalue weighted by atomic mass is 32.1. The minimum absolute atomic E-state index is 0.249. The van der Waals surface area contributed by atoms with Crippen molar-refractivity contribution in [3.8, 4) is 0 Å². The van der Waals surface area contributed by atoms with Crippen molar-refractivity contribution in [2.24, 2.45) is 0 Å². The topological polar surface area (TPSA) is 67.8 Å². The first kappa shape index (κ1) is 13.2. The molecule has 0 radical (unpaired) electrons. The lowest BCUT2D eigenvalue weighted by molar-refractivity contribution is 0.102. The van der Waals surface area contributed by atoms with Gasteiger partial charge in [-0.05, 0) is 32.6 Å². The third-order valence-electron chi connectivity index (χ3n) is 3.33. The zero-order valence-electron chi connectivity index (χ0n) is 11.3. The third kappa shape index (κ3) is 2.85. The van der Waals surface area contributed by atoms with Gasteiger partial charge in [-0.25, -0.2) is 9.97 Å². The lowest BCUT2D eigenvalue weighted by Crippen LogP contribution is -2.14.